The molecule has 2 aromatic carbocycles. The Hall–Kier alpha value is -2.33. The maximum absolute atomic E-state index is 11.0. The second kappa shape index (κ2) is 6.02. The van der Waals surface area contributed by atoms with E-state index < -0.39 is 12.1 Å². The molecule has 19 heavy (non-hydrogen) atoms. The summed E-state index contributed by atoms with van der Waals surface area (Å²) in [6.07, 6.45) is -1.04. The summed E-state index contributed by atoms with van der Waals surface area (Å²) in [7, 11) is 0. The first-order valence-electron chi connectivity index (χ1n) is 5.96. The second-order valence-corrected chi connectivity index (χ2v) is 4.04. The Morgan fingerprint density at radius 1 is 1.11 bits per heavy atom. The molecule has 2 aromatic rings. The zero-order valence-electron chi connectivity index (χ0n) is 10.3. The number of carbonyl (C=O) groups is 1. The van der Waals surface area contributed by atoms with Gasteiger partial charge in [-0.15, -0.1) is 0 Å². The minimum atomic E-state index is -1.06. The van der Waals surface area contributed by atoms with Crippen molar-refractivity contribution in [2.45, 2.75) is 6.10 Å². The standard InChI is InChI=1S/C15H15NO3/c16-10-14(15(17)18)19-13-9-5-4-8-12(13)11-6-2-1-3-7-11/h1-9,14H,10,16H2,(H,17,18). The molecule has 0 aliphatic rings. The molecule has 1 unspecified atom stereocenters. The van der Waals surface area contributed by atoms with Crippen molar-refractivity contribution in [3.63, 3.8) is 0 Å². The largest absolute Gasteiger partial charge is 0.478 e. The van der Waals surface area contributed by atoms with Gasteiger partial charge in [-0.05, 0) is 11.6 Å². The molecular formula is C15H15NO3. The quantitative estimate of drug-likeness (QED) is 0.860. The maximum atomic E-state index is 11.0. The lowest BCUT2D eigenvalue weighted by Gasteiger charge is -2.16. The van der Waals surface area contributed by atoms with Gasteiger partial charge < -0.3 is 15.6 Å². The smallest absolute Gasteiger partial charge is 0.346 e. The van der Waals surface area contributed by atoms with Gasteiger partial charge in [0, 0.05) is 12.1 Å². The topological polar surface area (TPSA) is 72.5 Å². The van der Waals surface area contributed by atoms with Gasteiger partial charge in [0.05, 0.1) is 0 Å². The van der Waals surface area contributed by atoms with E-state index in [4.69, 9.17) is 15.6 Å². The number of hydrogen-bond acceptors (Lipinski definition) is 3. The molecule has 0 aliphatic carbocycles. The fourth-order valence-corrected chi connectivity index (χ4v) is 1.78. The van der Waals surface area contributed by atoms with E-state index in [0.717, 1.165) is 11.1 Å². The fourth-order valence-electron chi connectivity index (χ4n) is 1.78. The molecule has 2 rings (SSSR count). The summed E-state index contributed by atoms with van der Waals surface area (Å²) in [6.45, 7) is -0.0710. The van der Waals surface area contributed by atoms with Crippen molar-refractivity contribution < 1.29 is 14.6 Å². The van der Waals surface area contributed by atoms with Gasteiger partial charge in [0.2, 0.25) is 6.10 Å². The Balaban J connectivity index is 2.34. The molecule has 0 radical (unpaired) electrons. The number of ether oxygens (including phenoxy) is 1. The lowest BCUT2D eigenvalue weighted by molar-refractivity contribution is -0.144. The number of aliphatic carboxylic acids is 1. The lowest BCUT2D eigenvalue weighted by Crippen LogP contribution is -2.34. The van der Waals surface area contributed by atoms with Gasteiger partial charge in [0.15, 0.2) is 0 Å². The summed E-state index contributed by atoms with van der Waals surface area (Å²) in [5.41, 5.74) is 7.23. The summed E-state index contributed by atoms with van der Waals surface area (Å²) < 4.78 is 5.49. The molecule has 0 saturated carbocycles. The van der Waals surface area contributed by atoms with Crippen LogP contribution in [0.25, 0.3) is 11.1 Å². The van der Waals surface area contributed by atoms with Crippen molar-refractivity contribution in [2.75, 3.05) is 6.54 Å². The highest BCUT2D eigenvalue weighted by Gasteiger charge is 2.18. The molecule has 3 N–H and O–H groups in total. The first-order chi connectivity index (χ1) is 9.22. The molecule has 98 valence electrons. The van der Waals surface area contributed by atoms with Gasteiger partial charge >= 0.3 is 5.97 Å². The SMILES string of the molecule is NCC(Oc1ccccc1-c1ccccc1)C(=O)O. The van der Waals surface area contributed by atoms with Crippen molar-refractivity contribution >= 4 is 5.97 Å². The van der Waals surface area contributed by atoms with E-state index in [9.17, 15) is 4.79 Å². The van der Waals surface area contributed by atoms with Crippen molar-refractivity contribution in [3.8, 4) is 16.9 Å². The highest BCUT2D eigenvalue weighted by atomic mass is 16.5. The van der Waals surface area contributed by atoms with Gasteiger partial charge in [-0.2, -0.15) is 0 Å². The van der Waals surface area contributed by atoms with Crippen molar-refractivity contribution in [2.24, 2.45) is 5.73 Å². The van der Waals surface area contributed by atoms with Crippen LogP contribution < -0.4 is 10.5 Å². The lowest BCUT2D eigenvalue weighted by atomic mass is 10.0. The molecular weight excluding hydrogens is 242 g/mol. The van der Waals surface area contributed by atoms with Gasteiger partial charge in [-0.1, -0.05) is 48.5 Å². The number of nitrogens with two attached hydrogens (primary N) is 1. The average Bonchev–Trinajstić information content (AvgIpc) is 2.45. The number of carboxylic acids is 1. The molecule has 0 saturated heterocycles. The molecule has 0 heterocycles. The van der Waals surface area contributed by atoms with Gasteiger partial charge in [0.1, 0.15) is 5.75 Å². The summed E-state index contributed by atoms with van der Waals surface area (Å²) in [5, 5.41) is 8.99. The minimum Gasteiger partial charge on any atom is -0.478 e. The van der Waals surface area contributed by atoms with Crippen LogP contribution in [0.2, 0.25) is 0 Å². The zero-order chi connectivity index (χ0) is 13.7. The van der Waals surface area contributed by atoms with Crippen LogP contribution in [0.1, 0.15) is 0 Å². The Kier molecular flexibility index (Phi) is 4.15. The number of carboxylic acid groups (broad SMARTS) is 1. The van der Waals surface area contributed by atoms with Crippen LogP contribution in [0.5, 0.6) is 5.75 Å². The third-order valence-electron chi connectivity index (χ3n) is 2.73. The molecule has 0 amide bonds. The normalized spacial score (nSPS) is 11.8. The summed E-state index contributed by atoms with van der Waals surface area (Å²) in [6, 6.07) is 17.0. The van der Waals surface area contributed by atoms with Crippen LogP contribution in [0, 0.1) is 0 Å². The van der Waals surface area contributed by atoms with Gasteiger partial charge in [-0.25, -0.2) is 4.79 Å². The average molecular weight is 257 g/mol. The molecule has 0 aromatic heterocycles. The third kappa shape index (κ3) is 3.11. The van der Waals surface area contributed by atoms with Crippen LogP contribution in [-0.2, 0) is 4.79 Å². The first kappa shape index (κ1) is 13.1. The summed E-state index contributed by atoms with van der Waals surface area (Å²) in [4.78, 5) is 11.0. The van der Waals surface area contributed by atoms with Crippen molar-refractivity contribution in [1.29, 1.82) is 0 Å². The maximum Gasteiger partial charge on any atom is 0.346 e. The van der Waals surface area contributed by atoms with E-state index in [1.54, 1.807) is 12.1 Å². The van der Waals surface area contributed by atoms with Gasteiger partial charge in [0.25, 0.3) is 0 Å². The van der Waals surface area contributed by atoms with Gasteiger partial charge in [-0.3, -0.25) is 0 Å². The van der Waals surface area contributed by atoms with Crippen LogP contribution in [0.15, 0.2) is 54.6 Å². The van der Waals surface area contributed by atoms with E-state index >= 15 is 0 Å². The van der Waals surface area contributed by atoms with E-state index in [1.165, 1.54) is 0 Å². The highest BCUT2D eigenvalue weighted by Crippen LogP contribution is 2.30. The van der Waals surface area contributed by atoms with E-state index in [0.29, 0.717) is 5.75 Å². The van der Waals surface area contributed by atoms with Crippen molar-refractivity contribution in [1.82, 2.24) is 0 Å². The van der Waals surface area contributed by atoms with E-state index in [2.05, 4.69) is 0 Å². The third-order valence-corrected chi connectivity index (χ3v) is 2.73. The molecule has 0 aliphatic heterocycles. The van der Waals surface area contributed by atoms with Crippen LogP contribution in [0.3, 0.4) is 0 Å². The minimum absolute atomic E-state index is 0.0710. The number of rotatable bonds is 5. The first-order valence-corrected chi connectivity index (χ1v) is 5.96. The van der Waals surface area contributed by atoms with E-state index in [1.807, 2.05) is 42.5 Å². The van der Waals surface area contributed by atoms with Crippen LogP contribution in [-0.4, -0.2) is 23.7 Å². The van der Waals surface area contributed by atoms with E-state index in [-0.39, 0.29) is 6.54 Å². The predicted octanol–water partition coefficient (Wildman–Crippen LogP) is 2.14. The molecule has 4 nitrogen and oxygen atoms in total. The highest BCUT2D eigenvalue weighted by molar-refractivity contribution is 5.75. The summed E-state index contributed by atoms with van der Waals surface area (Å²) >= 11 is 0. The second-order valence-electron chi connectivity index (χ2n) is 4.04. The monoisotopic (exact) mass is 257 g/mol. The molecule has 0 spiro atoms. The fraction of sp³-hybridized carbons (Fsp3) is 0.133. The molecule has 0 fully saturated rings. The zero-order valence-corrected chi connectivity index (χ0v) is 10.3. The molecule has 0 bridgehead atoms. The number of benzene rings is 2. The molecule has 4 heteroatoms. The number of para-hydroxylation sites is 1. The Bertz CT molecular complexity index is 554. The Labute approximate surface area is 111 Å². The predicted molar refractivity (Wildman–Crippen MR) is 73.0 cm³/mol. The van der Waals surface area contributed by atoms with Crippen LogP contribution in [0.4, 0.5) is 0 Å². The Morgan fingerprint density at radius 3 is 2.37 bits per heavy atom. The molecule has 1 atom stereocenters. The Morgan fingerprint density at radius 2 is 1.74 bits per heavy atom. The summed E-state index contributed by atoms with van der Waals surface area (Å²) in [5.74, 6) is -0.545. The van der Waals surface area contributed by atoms with Crippen molar-refractivity contribution in [3.05, 3.63) is 54.6 Å². The number of hydrogen-bond donors (Lipinski definition) is 2. The van der Waals surface area contributed by atoms with Crippen LogP contribution >= 0.6 is 0 Å².